The fourth-order valence-electron chi connectivity index (χ4n) is 5.14. The van der Waals surface area contributed by atoms with E-state index in [1.165, 1.54) is 5.56 Å². The van der Waals surface area contributed by atoms with Gasteiger partial charge in [0.1, 0.15) is 11.1 Å². The second kappa shape index (κ2) is 9.35. The molecule has 35 heavy (non-hydrogen) atoms. The van der Waals surface area contributed by atoms with Crippen LogP contribution in [0.1, 0.15) is 18.4 Å². The molecule has 1 unspecified atom stereocenters. The zero-order chi connectivity index (χ0) is 23.6. The average molecular weight is 461 g/mol. The number of aromatic nitrogens is 3. The number of hydrogen-bond donors (Lipinski definition) is 1. The Kier molecular flexibility index (Phi) is 5.76. The molecule has 0 saturated carbocycles. The smallest absolute Gasteiger partial charge is 0.146 e. The lowest BCUT2D eigenvalue weighted by Gasteiger charge is -2.13. The van der Waals surface area contributed by atoms with Gasteiger partial charge in [0, 0.05) is 18.7 Å². The molecule has 5 nitrogen and oxygen atoms in total. The van der Waals surface area contributed by atoms with E-state index in [0.717, 1.165) is 52.9 Å². The molecule has 1 atom stereocenters. The largest absolute Gasteiger partial charge is 0.376 e. The molecule has 6 rings (SSSR count). The molecule has 0 spiro atoms. The van der Waals surface area contributed by atoms with Crippen molar-refractivity contribution in [1.82, 2.24) is 14.1 Å². The average Bonchev–Trinajstić information content (AvgIpc) is 3.54. The predicted molar refractivity (Wildman–Crippen MR) is 139 cm³/mol. The molecule has 5 heteroatoms. The third kappa shape index (κ3) is 4.08. The number of benzene rings is 3. The molecule has 0 amide bonds. The van der Waals surface area contributed by atoms with Crippen molar-refractivity contribution in [3.63, 3.8) is 0 Å². The first-order valence-corrected chi connectivity index (χ1v) is 12.2. The van der Waals surface area contributed by atoms with Gasteiger partial charge >= 0.3 is 0 Å². The summed E-state index contributed by atoms with van der Waals surface area (Å²) in [6.07, 6.45) is 4.07. The quantitative estimate of drug-likeness (QED) is 0.344. The molecule has 0 bridgehead atoms. The summed E-state index contributed by atoms with van der Waals surface area (Å²) in [5.41, 5.74) is 6.87. The van der Waals surface area contributed by atoms with Crippen molar-refractivity contribution in [2.45, 2.75) is 32.0 Å². The Bertz CT molecular complexity index is 1500. The number of fused-ring (bicyclic) bond motifs is 1. The standard InChI is InChI=1S/C30H28N4O/c31-29-27-26(23-13-6-2-7-14-23)28(24-15-8-3-9-16-24)34(19-22-11-4-1-5-12-22)30(27)32-21-33(29)20-25-17-10-18-35-25/h1-9,11-16,21,25,31H,10,17-20H2. The topological polar surface area (TPSA) is 55.8 Å². The highest BCUT2D eigenvalue weighted by atomic mass is 16.5. The first-order chi connectivity index (χ1) is 17.3. The third-order valence-electron chi connectivity index (χ3n) is 6.80. The Morgan fingerprint density at radius 2 is 1.51 bits per heavy atom. The van der Waals surface area contributed by atoms with Gasteiger partial charge in [-0.2, -0.15) is 0 Å². The van der Waals surface area contributed by atoms with Gasteiger partial charge in [-0.15, -0.1) is 0 Å². The van der Waals surface area contributed by atoms with Crippen LogP contribution in [-0.4, -0.2) is 26.8 Å². The van der Waals surface area contributed by atoms with E-state index in [2.05, 4.69) is 77.4 Å². The Hall–Kier alpha value is -3.96. The van der Waals surface area contributed by atoms with Crippen LogP contribution in [0.2, 0.25) is 0 Å². The van der Waals surface area contributed by atoms with Gasteiger partial charge in [0.15, 0.2) is 0 Å². The Morgan fingerprint density at radius 1 is 0.857 bits per heavy atom. The van der Waals surface area contributed by atoms with Crippen molar-refractivity contribution in [3.05, 3.63) is 108 Å². The van der Waals surface area contributed by atoms with Crippen LogP contribution in [0.25, 0.3) is 33.4 Å². The van der Waals surface area contributed by atoms with Gasteiger partial charge < -0.3 is 13.9 Å². The molecule has 1 fully saturated rings. The molecule has 1 aliphatic rings. The van der Waals surface area contributed by atoms with Crippen molar-refractivity contribution in [2.24, 2.45) is 0 Å². The molecular formula is C30H28N4O. The summed E-state index contributed by atoms with van der Waals surface area (Å²) in [6.45, 7) is 2.13. The lowest BCUT2D eigenvalue weighted by atomic mass is 9.99. The summed E-state index contributed by atoms with van der Waals surface area (Å²) in [6, 6.07) is 31.4. The van der Waals surface area contributed by atoms with Crippen LogP contribution in [0.5, 0.6) is 0 Å². The molecule has 1 N–H and O–H groups in total. The second-order valence-electron chi connectivity index (χ2n) is 9.11. The molecule has 174 valence electrons. The van der Waals surface area contributed by atoms with E-state index in [0.29, 0.717) is 18.6 Å². The Balaban J connectivity index is 1.65. The van der Waals surface area contributed by atoms with E-state index in [9.17, 15) is 5.41 Å². The fourth-order valence-corrected chi connectivity index (χ4v) is 5.14. The van der Waals surface area contributed by atoms with Crippen molar-refractivity contribution in [2.75, 3.05) is 6.61 Å². The molecule has 0 aliphatic carbocycles. The molecule has 0 radical (unpaired) electrons. The van der Waals surface area contributed by atoms with Gasteiger partial charge in [-0.05, 0) is 29.5 Å². The van der Waals surface area contributed by atoms with Crippen molar-refractivity contribution < 1.29 is 4.74 Å². The molecule has 1 saturated heterocycles. The third-order valence-corrected chi connectivity index (χ3v) is 6.80. The second-order valence-corrected chi connectivity index (χ2v) is 9.11. The normalized spacial score (nSPS) is 15.6. The van der Waals surface area contributed by atoms with E-state index < -0.39 is 0 Å². The number of nitrogens with one attached hydrogen (secondary N) is 1. The highest BCUT2D eigenvalue weighted by molar-refractivity contribution is 6.02. The number of ether oxygens (including phenoxy) is 1. The monoisotopic (exact) mass is 460 g/mol. The highest BCUT2D eigenvalue weighted by Gasteiger charge is 2.24. The van der Waals surface area contributed by atoms with Crippen LogP contribution in [0.15, 0.2) is 97.3 Å². The summed E-state index contributed by atoms with van der Waals surface area (Å²) < 4.78 is 10.1. The van der Waals surface area contributed by atoms with Crippen LogP contribution in [0, 0.1) is 5.41 Å². The minimum Gasteiger partial charge on any atom is -0.376 e. The molecule has 3 heterocycles. The predicted octanol–water partition coefficient (Wildman–Crippen LogP) is 5.88. The molecule has 3 aromatic carbocycles. The molecule has 1 aliphatic heterocycles. The molecule has 5 aromatic rings. The SMILES string of the molecule is N=c1c2c(-c3ccccc3)c(-c3ccccc3)n(Cc3ccccc3)c2ncn1CC1CCCO1. The van der Waals surface area contributed by atoms with Gasteiger partial charge in [-0.1, -0.05) is 91.0 Å². The maximum atomic E-state index is 9.30. The number of hydrogen-bond acceptors (Lipinski definition) is 3. The summed E-state index contributed by atoms with van der Waals surface area (Å²) >= 11 is 0. The van der Waals surface area contributed by atoms with Crippen molar-refractivity contribution >= 4 is 11.0 Å². The van der Waals surface area contributed by atoms with Gasteiger partial charge in [-0.25, -0.2) is 4.98 Å². The van der Waals surface area contributed by atoms with E-state index in [4.69, 9.17) is 9.72 Å². The summed E-state index contributed by atoms with van der Waals surface area (Å²) in [5, 5.41) is 10.2. The first-order valence-electron chi connectivity index (χ1n) is 12.2. The number of nitrogens with zero attached hydrogens (tertiary/aromatic N) is 3. The van der Waals surface area contributed by atoms with Gasteiger partial charge in [0.25, 0.3) is 0 Å². The fraction of sp³-hybridized carbons (Fsp3) is 0.200. The Labute approximate surface area is 204 Å². The van der Waals surface area contributed by atoms with Crippen LogP contribution in [0.4, 0.5) is 0 Å². The zero-order valence-electron chi connectivity index (χ0n) is 19.6. The first kappa shape index (κ1) is 21.6. The van der Waals surface area contributed by atoms with E-state index in [1.54, 1.807) is 0 Å². The lowest BCUT2D eigenvalue weighted by Crippen LogP contribution is -2.27. The summed E-state index contributed by atoms with van der Waals surface area (Å²) in [7, 11) is 0. The van der Waals surface area contributed by atoms with Crippen LogP contribution in [0.3, 0.4) is 0 Å². The van der Waals surface area contributed by atoms with Crippen LogP contribution in [-0.2, 0) is 17.8 Å². The number of rotatable bonds is 6. The van der Waals surface area contributed by atoms with Gasteiger partial charge in [0.2, 0.25) is 0 Å². The maximum absolute atomic E-state index is 9.30. The van der Waals surface area contributed by atoms with E-state index in [1.807, 2.05) is 29.1 Å². The maximum Gasteiger partial charge on any atom is 0.146 e. The van der Waals surface area contributed by atoms with Crippen molar-refractivity contribution in [3.8, 4) is 22.4 Å². The summed E-state index contributed by atoms with van der Waals surface area (Å²) in [5.74, 6) is 0. The van der Waals surface area contributed by atoms with E-state index >= 15 is 0 Å². The van der Waals surface area contributed by atoms with Crippen LogP contribution >= 0.6 is 0 Å². The lowest BCUT2D eigenvalue weighted by molar-refractivity contribution is 0.0957. The highest BCUT2D eigenvalue weighted by Crippen LogP contribution is 2.39. The summed E-state index contributed by atoms with van der Waals surface area (Å²) in [4.78, 5) is 4.96. The van der Waals surface area contributed by atoms with Crippen LogP contribution < -0.4 is 5.49 Å². The molecular weight excluding hydrogens is 432 g/mol. The zero-order valence-corrected chi connectivity index (χ0v) is 19.6. The van der Waals surface area contributed by atoms with Gasteiger partial charge in [-0.3, -0.25) is 5.41 Å². The van der Waals surface area contributed by atoms with Gasteiger partial charge in [0.05, 0.1) is 30.1 Å². The minimum atomic E-state index is 0.142. The Morgan fingerprint density at radius 3 is 2.17 bits per heavy atom. The minimum absolute atomic E-state index is 0.142. The van der Waals surface area contributed by atoms with E-state index in [-0.39, 0.29) is 6.10 Å². The van der Waals surface area contributed by atoms with Crippen molar-refractivity contribution in [1.29, 1.82) is 5.41 Å². The molecule has 2 aromatic heterocycles.